The monoisotopic (exact) mass is 380 g/mol. The van der Waals surface area contributed by atoms with Gasteiger partial charge in [0.25, 0.3) is 6.47 Å². The second kappa shape index (κ2) is 8.97. The number of carbonyl (C=O) groups excluding carboxylic acids is 2. The molecule has 1 unspecified atom stereocenters. The third-order valence-electron chi connectivity index (χ3n) is 5.53. The van der Waals surface area contributed by atoms with Gasteiger partial charge in [-0.3, -0.25) is 9.59 Å². The van der Waals surface area contributed by atoms with Crippen molar-refractivity contribution in [1.82, 2.24) is 9.80 Å². The smallest absolute Gasteiger partial charge is 0.293 e. The summed E-state index contributed by atoms with van der Waals surface area (Å²) in [4.78, 5) is 29.3. The van der Waals surface area contributed by atoms with Crippen molar-refractivity contribution in [3.8, 4) is 0 Å². The number of thiophene rings is 1. The number of rotatable bonds is 8. The van der Waals surface area contributed by atoms with Crippen LogP contribution in [0.5, 0.6) is 0 Å². The van der Waals surface area contributed by atoms with E-state index < -0.39 is 0 Å². The van der Waals surface area contributed by atoms with Gasteiger partial charge in [0, 0.05) is 24.5 Å². The summed E-state index contributed by atoms with van der Waals surface area (Å²) in [6, 6.07) is 4.20. The zero-order valence-electron chi connectivity index (χ0n) is 15.4. The largest absolute Gasteiger partial charge is 0.467 e. The van der Waals surface area contributed by atoms with E-state index in [-0.39, 0.29) is 17.4 Å². The number of hydrogen-bond acceptors (Lipinski definition) is 6. The molecule has 0 spiro atoms. The average Bonchev–Trinajstić information content (AvgIpc) is 3.34. The van der Waals surface area contributed by atoms with Crippen molar-refractivity contribution in [1.29, 1.82) is 0 Å². The van der Waals surface area contributed by atoms with E-state index >= 15 is 0 Å². The van der Waals surface area contributed by atoms with Crippen LogP contribution < -0.4 is 0 Å². The maximum absolute atomic E-state index is 13.7. The Morgan fingerprint density at radius 3 is 3.00 bits per heavy atom. The van der Waals surface area contributed by atoms with E-state index in [1.54, 1.807) is 11.3 Å². The Balaban J connectivity index is 1.72. The third-order valence-corrected chi connectivity index (χ3v) is 6.60. The molecule has 0 bridgehead atoms. The van der Waals surface area contributed by atoms with Crippen molar-refractivity contribution in [2.75, 3.05) is 46.5 Å². The highest BCUT2D eigenvalue weighted by molar-refractivity contribution is 7.10. The molecule has 1 aliphatic heterocycles. The number of amides is 1. The van der Waals surface area contributed by atoms with Crippen LogP contribution in [-0.4, -0.2) is 74.7 Å². The summed E-state index contributed by atoms with van der Waals surface area (Å²) in [5, 5.41) is 2.07. The molecule has 0 radical (unpaired) electrons. The van der Waals surface area contributed by atoms with Crippen LogP contribution in [0.4, 0.5) is 0 Å². The first-order chi connectivity index (χ1) is 12.7. The van der Waals surface area contributed by atoms with Crippen LogP contribution in [-0.2, 0) is 24.5 Å². The summed E-state index contributed by atoms with van der Waals surface area (Å²) < 4.78 is 10.5. The zero-order valence-corrected chi connectivity index (χ0v) is 16.2. The van der Waals surface area contributed by atoms with Crippen molar-refractivity contribution in [3.63, 3.8) is 0 Å². The van der Waals surface area contributed by atoms with E-state index in [0.717, 1.165) is 25.7 Å². The van der Waals surface area contributed by atoms with Crippen molar-refractivity contribution in [2.45, 2.75) is 37.1 Å². The summed E-state index contributed by atoms with van der Waals surface area (Å²) in [6.45, 7) is 4.00. The van der Waals surface area contributed by atoms with Crippen molar-refractivity contribution in [3.05, 3.63) is 22.4 Å². The SMILES string of the molecule is CN(CCOC=O)CC1COCCN1C(=O)C1(c2cccs2)CCCC1. The van der Waals surface area contributed by atoms with Crippen LogP contribution >= 0.6 is 11.3 Å². The molecule has 1 amide bonds. The molecular weight excluding hydrogens is 352 g/mol. The summed E-state index contributed by atoms with van der Waals surface area (Å²) in [5.41, 5.74) is -0.344. The van der Waals surface area contributed by atoms with Gasteiger partial charge >= 0.3 is 0 Å². The highest BCUT2D eigenvalue weighted by Crippen LogP contribution is 2.45. The Hall–Kier alpha value is -1.44. The van der Waals surface area contributed by atoms with Crippen LogP contribution in [0.3, 0.4) is 0 Å². The summed E-state index contributed by atoms with van der Waals surface area (Å²) >= 11 is 1.70. The Morgan fingerprint density at radius 2 is 2.31 bits per heavy atom. The normalized spacial score (nSPS) is 22.5. The van der Waals surface area contributed by atoms with Crippen LogP contribution in [0.25, 0.3) is 0 Å². The standard InChI is InChI=1S/C19H28N2O4S/c1-20(8-10-25-15-22)13-16-14-24-11-9-21(16)18(23)19(6-2-3-7-19)17-5-4-12-26-17/h4-5,12,15-16H,2-3,6-11,13-14H2,1H3. The lowest BCUT2D eigenvalue weighted by Gasteiger charge is -2.42. The fourth-order valence-electron chi connectivity index (χ4n) is 4.15. The number of likely N-dealkylation sites (N-methyl/N-ethyl adjacent to an activating group) is 1. The van der Waals surface area contributed by atoms with Gasteiger partial charge in [-0.1, -0.05) is 18.9 Å². The van der Waals surface area contributed by atoms with E-state index in [1.165, 1.54) is 4.88 Å². The molecule has 1 aromatic heterocycles. The van der Waals surface area contributed by atoms with E-state index in [1.807, 2.05) is 18.0 Å². The molecule has 0 N–H and O–H groups in total. The Morgan fingerprint density at radius 1 is 1.50 bits per heavy atom. The van der Waals surface area contributed by atoms with Crippen LogP contribution in [0.2, 0.25) is 0 Å². The van der Waals surface area contributed by atoms with E-state index in [4.69, 9.17) is 9.47 Å². The first-order valence-electron chi connectivity index (χ1n) is 9.34. The topological polar surface area (TPSA) is 59.1 Å². The van der Waals surface area contributed by atoms with E-state index in [9.17, 15) is 9.59 Å². The van der Waals surface area contributed by atoms with Crippen molar-refractivity contribution < 1.29 is 19.1 Å². The first kappa shape index (κ1) is 19.3. The number of ether oxygens (including phenoxy) is 2. The molecule has 7 heteroatoms. The number of carbonyl (C=O) groups is 2. The van der Waals surface area contributed by atoms with Gasteiger partial charge in [-0.05, 0) is 31.3 Å². The molecule has 1 aliphatic carbocycles. The lowest BCUT2D eigenvalue weighted by atomic mass is 9.82. The van der Waals surface area contributed by atoms with Crippen molar-refractivity contribution in [2.24, 2.45) is 0 Å². The van der Waals surface area contributed by atoms with Crippen LogP contribution in [0, 0.1) is 0 Å². The molecule has 2 heterocycles. The molecule has 1 aromatic rings. The van der Waals surface area contributed by atoms with Gasteiger partial charge in [-0.15, -0.1) is 11.3 Å². The average molecular weight is 381 g/mol. The fourth-order valence-corrected chi connectivity index (χ4v) is 5.13. The van der Waals surface area contributed by atoms with Gasteiger partial charge in [0.1, 0.15) is 6.61 Å². The minimum Gasteiger partial charge on any atom is -0.467 e. The van der Waals surface area contributed by atoms with Gasteiger partial charge in [0.15, 0.2) is 0 Å². The quantitative estimate of drug-likeness (QED) is 0.509. The predicted molar refractivity (Wildman–Crippen MR) is 100 cm³/mol. The molecule has 0 aromatic carbocycles. The van der Waals surface area contributed by atoms with E-state index in [0.29, 0.717) is 45.9 Å². The molecular formula is C19H28N2O4S. The zero-order chi connectivity index (χ0) is 18.4. The predicted octanol–water partition coefficient (Wildman–Crippen LogP) is 1.89. The molecule has 2 fully saturated rings. The number of hydrogen-bond donors (Lipinski definition) is 0. The number of nitrogens with zero attached hydrogens (tertiary/aromatic N) is 2. The summed E-state index contributed by atoms with van der Waals surface area (Å²) in [5.74, 6) is 0.267. The molecule has 1 saturated carbocycles. The van der Waals surface area contributed by atoms with Gasteiger partial charge in [0.05, 0.1) is 24.7 Å². The number of morpholine rings is 1. The molecule has 2 aliphatic rings. The molecule has 1 atom stereocenters. The van der Waals surface area contributed by atoms with E-state index in [2.05, 4.69) is 16.3 Å². The van der Waals surface area contributed by atoms with Crippen LogP contribution in [0.1, 0.15) is 30.6 Å². The second-order valence-electron chi connectivity index (χ2n) is 7.22. The lowest BCUT2D eigenvalue weighted by Crippen LogP contribution is -2.57. The highest BCUT2D eigenvalue weighted by atomic mass is 32.1. The Bertz CT molecular complexity index is 586. The maximum atomic E-state index is 13.7. The Kier molecular flexibility index (Phi) is 6.67. The third kappa shape index (κ3) is 4.10. The van der Waals surface area contributed by atoms with Gasteiger partial charge in [-0.25, -0.2) is 0 Å². The van der Waals surface area contributed by atoms with Gasteiger partial charge < -0.3 is 19.3 Å². The minimum absolute atomic E-state index is 0.0370. The molecule has 144 valence electrons. The summed E-state index contributed by atoms with van der Waals surface area (Å²) in [7, 11) is 1.98. The minimum atomic E-state index is -0.344. The first-order valence-corrected chi connectivity index (χ1v) is 10.2. The Labute approximate surface area is 159 Å². The molecule has 1 saturated heterocycles. The lowest BCUT2D eigenvalue weighted by molar-refractivity contribution is -0.146. The van der Waals surface area contributed by atoms with Gasteiger partial charge in [0.2, 0.25) is 5.91 Å². The fraction of sp³-hybridized carbons (Fsp3) is 0.684. The van der Waals surface area contributed by atoms with Crippen LogP contribution in [0.15, 0.2) is 17.5 Å². The molecule has 6 nitrogen and oxygen atoms in total. The molecule has 3 rings (SSSR count). The molecule has 26 heavy (non-hydrogen) atoms. The van der Waals surface area contributed by atoms with Crippen molar-refractivity contribution >= 4 is 23.7 Å². The van der Waals surface area contributed by atoms with Gasteiger partial charge in [-0.2, -0.15) is 0 Å². The highest BCUT2D eigenvalue weighted by Gasteiger charge is 2.47. The maximum Gasteiger partial charge on any atom is 0.293 e. The summed E-state index contributed by atoms with van der Waals surface area (Å²) in [6.07, 6.45) is 4.11. The second-order valence-corrected chi connectivity index (χ2v) is 8.17.